The van der Waals surface area contributed by atoms with Crippen molar-refractivity contribution in [3.8, 4) is 0 Å². The molecule has 4 heteroatoms. The average molecular weight is 186 g/mol. The standard InChI is InChI=1S/C9H7N2O.Al/c10-7-5-9(12)11-8-4-2-1-3-6(7)8;/h2-5H,(H3,10,11,12);. The maximum atomic E-state index is 11.0. The molecule has 0 amide bonds. The molecule has 0 unspecified atom stereocenters. The number of benzene rings is 1. The van der Waals surface area contributed by atoms with E-state index in [4.69, 9.17) is 5.73 Å². The van der Waals surface area contributed by atoms with Crippen molar-refractivity contribution in [2.45, 2.75) is 0 Å². The molecule has 2 aromatic rings. The summed E-state index contributed by atoms with van der Waals surface area (Å²) in [5, 5.41) is 0.882. The van der Waals surface area contributed by atoms with E-state index in [1.54, 1.807) is 0 Å². The Bertz CT molecular complexity index is 518. The number of nitrogens with one attached hydrogen (secondary N) is 1. The number of aromatic nitrogens is 1. The number of hydrogen-bond donors (Lipinski definition) is 2. The van der Waals surface area contributed by atoms with Crippen molar-refractivity contribution in [2.75, 3.05) is 5.73 Å². The predicted octanol–water partition coefficient (Wildman–Crippen LogP) is -0.0959. The van der Waals surface area contributed by atoms with E-state index in [1.165, 1.54) is 6.07 Å². The van der Waals surface area contributed by atoms with Gasteiger partial charge in [-0.2, -0.15) is 0 Å². The number of nitrogen functional groups attached to an aromatic ring is 1. The normalized spacial score (nSPS) is 10.5. The summed E-state index contributed by atoms with van der Waals surface area (Å²) in [6.07, 6.45) is 0. The number of pyridine rings is 1. The van der Waals surface area contributed by atoms with Crippen LogP contribution in [0.2, 0.25) is 0 Å². The Morgan fingerprint density at radius 2 is 2.08 bits per heavy atom. The zero-order valence-electron chi connectivity index (χ0n) is 6.87. The second-order valence-electron chi connectivity index (χ2n) is 2.89. The van der Waals surface area contributed by atoms with Gasteiger partial charge in [0.05, 0.1) is 5.52 Å². The highest BCUT2D eigenvalue weighted by atomic mass is 27.0. The minimum absolute atomic E-state index is 0.165. The predicted molar refractivity (Wildman–Crippen MR) is 54.4 cm³/mol. The van der Waals surface area contributed by atoms with Gasteiger partial charge in [-0.3, -0.25) is 4.79 Å². The van der Waals surface area contributed by atoms with Crippen molar-refractivity contribution in [1.82, 2.24) is 4.98 Å². The van der Waals surface area contributed by atoms with Crippen molar-refractivity contribution < 1.29 is 0 Å². The number of fused-ring (bicyclic) bond motifs is 1. The monoisotopic (exact) mass is 186 g/mol. The molecule has 0 bridgehead atoms. The lowest BCUT2D eigenvalue weighted by atomic mass is 10.2. The maximum absolute atomic E-state index is 11.0. The quantitative estimate of drug-likeness (QED) is 0.564. The van der Waals surface area contributed by atoms with Gasteiger partial charge in [-0.15, -0.1) is 4.43 Å². The van der Waals surface area contributed by atoms with Crippen LogP contribution in [0.25, 0.3) is 10.9 Å². The fourth-order valence-electron chi connectivity index (χ4n) is 1.30. The number of anilines is 1. The molecule has 2 radical (unpaired) electrons. The van der Waals surface area contributed by atoms with E-state index in [0.29, 0.717) is 5.69 Å². The van der Waals surface area contributed by atoms with E-state index in [1.807, 2.05) is 18.2 Å². The fourth-order valence-corrected chi connectivity index (χ4v) is 1.56. The first kappa shape index (κ1) is 8.36. The highest BCUT2D eigenvalue weighted by Crippen LogP contribution is 2.14. The average Bonchev–Trinajstić information content (AvgIpc) is 2.06. The van der Waals surface area contributed by atoms with Gasteiger partial charge >= 0.3 is 0 Å². The molecular weight excluding hydrogens is 179 g/mol. The largest absolute Gasteiger partial charge is 0.398 e. The van der Waals surface area contributed by atoms with Crippen LogP contribution in [0, 0.1) is 0 Å². The first-order chi connectivity index (χ1) is 6.16. The summed E-state index contributed by atoms with van der Waals surface area (Å²) >= 11 is 2.59. The van der Waals surface area contributed by atoms with Crippen LogP contribution in [-0.4, -0.2) is 21.3 Å². The summed E-state index contributed by atoms with van der Waals surface area (Å²) in [5.74, 6) is 0. The third kappa shape index (κ3) is 1.46. The molecule has 1 aromatic carbocycles. The number of hydrogen-bond acceptors (Lipinski definition) is 2. The lowest BCUT2D eigenvalue weighted by molar-refractivity contribution is 1.31. The molecule has 3 N–H and O–H groups in total. The van der Waals surface area contributed by atoms with Gasteiger partial charge in [-0.05, 0) is 6.07 Å². The number of rotatable bonds is 0. The number of H-pyrrole nitrogens is 1. The summed E-state index contributed by atoms with van der Waals surface area (Å²) in [6.45, 7) is 0. The van der Waals surface area contributed by atoms with Crippen LogP contribution >= 0.6 is 0 Å². The van der Waals surface area contributed by atoms with Crippen molar-refractivity contribution >= 4 is 37.3 Å². The van der Waals surface area contributed by atoms with Crippen molar-refractivity contribution in [3.63, 3.8) is 0 Å². The van der Waals surface area contributed by atoms with E-state index < -0.39 is 0 Å². The lowest BCUT2D eigenvalue weighted by Crippen LogP contribution is -2.09. The Morgan fingerprint density at radius 3 is 2.85 bits per heavy atom. The molecule has 0 aliphatic heterocycles. The van der Waals surface area contributed by atoms with Gasteiger partial charge in [-0.1, -0.05) is 12.1 Å². The summed E-state index contributed by atoms with van der Waals surface area (Å²) in [4.78, 5) is 13.8. The van der Waals surface area contributed by atoms with Crippen LogP contribution in [0.5, 0.6) is 0 Å². The van der Waals surface area contributed by atoms with Crippen LogP contribution < -0.4 is 15.7 Å². The van der Waals surface area contributed by atoms with Crippen LogP contribution in [-0.2, 0) is 0 Å². The molecule has 1 aromatic heterocycles. The molecule has 2 rings (SSSR count). The summed E-state index contributed by atoms with van der Waals surface area (Å²) in [7, 11) is 0. The van der Waals surface area contributed by atoms with Gasteiger partial charge in [-0.25, -0.2) is 0 Å². The Balaban J connectivity index is 2.95. The zero-order chi connectivity index (χ0) is 9.42. The number of nitrogens with two attached hydrogens (primary N) is 1. The summed E-state index contributed by atoms with van der Waals surface area (Å²) < 4.78 is 1.05. The topological polar surface area (TPSA) is 58.9 Å². The zero-order valence-corrected chi connectivity index (χ0v) is 8.03. The molecule has 0 aliphatic rings. The van der Waals surface area contributed by atoms with E-state index in [0.717, 1.165) is 15.3 Å². The van der Waals surface area contributed by atoms with Crippen LogP contribution in [0.3, 0.4) is 0 Å². The molecule has 62 valence electrons. The van der Waals surface area contributed by atoms with Gasteiger partial charge in [0.2, 0.25) is 5.56 Å². The molecule has 0 saturated heterocycles. The third-order valence-corrected chi connectivity index (χ3v) is 2.26. The minimum Gasteiger partial charge on any atom is -0.398 e. The van der Waals surface area contributed by atoms with E-state index in [-0.39, 0.29) is 5.56 Å². The van der Waals surface area contributed by atoms with Gasteiger partial charge < -0.3 is 10.7 Å². The molecule has 3 nitrogen and oxygen atoms in total. The molecule has 0 saturated carbocycles. The van der Waals surface area contributed by atoms with Gasteiger partial charge in [0.15, 0.2) is 16.3 Å². The number of aromatic amines is 1. The highest BCUT2D eigenvalue weighted by molar-refractivity contribution is 6.33. The summed E-state index contributed by atoms with van der Waals surface area (Å²) in [6, 6.07) is 7.06. The summed E-state index contributed by atoms with van der Waals surface area (Å²) in [5.41, 5.74) is 6.82. The van der Waals surface area contributed by atoms with Gasteiger partial charge in [0.25, 0.3) is 0 Å². The van der Waals surface area contributed by atoms with E-state index >= 15 is 0 Å². The molecule has 1 heterocycles. The van der Waals surface area contributed by atoms with Crippen molar-refractivity contribution in [2.24, 2.45) is 0 Å². The van der Waals surface area contributed by atoms with Crippen molar-refractivity contribution in [1.29, 1.82) is 0 Å². The Morgan fingerprint density at radius 1 is 1.31 bits per heavy atom. The second-order valence-corrected chi connectivity index (χ2v) is 3.56. The maximum Gasteiger partial charge on any atom is 0.250 e. The molecule has 0 atom stereocenters. The van der Waals surface area contributed by atoms with Gasteiger partial charge in [0, 0.05) is 17.1 Å². The molecule has 0 aliphatic carbocycles. The first-order valence-corrected chi connectivity index (χ1v) is 4.42. The fraction of sp³-hybridized carbons (Fsp3) is 0. The van der Waals surface area contributed by atoms with Gasteiger partial charge in [0.1, 0.15) is 0 Å². The molecule has 0 spiro atoms. The van der Waals surface area contributed by atoms with E-state index in [2.05, 4.69) is 21.3 Å². The Hall–Kier alpha value is -1.24. The van der Waals surface area contributed by atoms with E-state index in [9.17, 15) is 4.79 Å². The lowest BCUT2D eigenvalue weighted by Gasteiger charge is -2.02. The van der Waals surface area contributed by atoms with Crippen LogP contribution in [0.4, 0.5) is 5.69 Å². The third-order valence-electron chi connectivity index (χ3n) is 1.90. The SMILES string of the molecule is Nc1cc(=O)[nH]c2cc[c]([Al])cc12. The second kappa shape index (κ2) is 2.91. The Kier molecular flexibility index (Phi) is 1.87. The molecule has 13 heavy (non-hydrogen) atoms. The minimum atomic E-state index is -0.165. The van der Waals surface area contributed by atoms with Crippen LogP contribution in [0.1, 0.15) is 0 Å². The smallest absolute Gasteiger partial charge is 0.250 e. The molecular formula is C9H7AlN2O. The first-order valence-electron chi connectivity index (χ1n) is 3.85. The van der Waals surface area contributed by atoms with Crippen molar-refractivity contribution in [3.05, 3.63) is 34.6 Å². The molecule has 0 fully saturated rings. The Labute approximate surface area is 83.0 Å². The van der Waals surface area contributed by atoms with Crippen LogP contribution in [0.15, 0.2) is 29.1 Å². The highest BCUT2D eigenvalue weighted by Gasteiger charge is 1.98.